The van der Waals surface area contributed by atoms with Crippen LogP contribution in [0.3, 0.4) is 0 Å². The van der Waals surface area contributed by atoms with E-state index >= 15 is 0 Å². The summed E-state index contributed by atoms with van der Waals surface area (Å²) in [5.41, 5.74) is 5.51. The summed E-state index contributed by atoms with van der Waals surface area (Å²) in [7, 11) is 4.08. The van der Waals surface area contributed by atoms with Crippen molar-refractivity contribution in [3.63, 3.8) is 0 Å². The maximum absolute atomic E-state index is 12.3. The molecule has 0 saturated carbocycles. The Morgan fingerprint density at radius 1 is 0.960 bits per heavy atom. The number of rotatable bonds is 3. The standard InChI is InChI=1S/C23H25NO/c1-23(2)16-20(25)15-21(18-8-6-5-7-9-18)22(23)14-17-10-12-19(13-11-17)24(3)4/h5-15H,16H2,1-4H3. The van der Waals surface area contributed by atoms with Crippen LogP contribution in [0.2, 0.25) is 0 Å². The molecular weight excluding hydrogens is 306 g/mol. The first-order valence-electron chi connectivity index (χ1n) is 8.67. The van der Waals surface area contributed by atoms with Crippen molar-refractivity contribution in [3.8, 4) is 0 Å². The van der Waals surface area contributed by atoms with Gasteiger partial charge in [0.1, 0.15) is 0 Å². The first-order chi connectivity index (χ1) is 11.9. The van der Waals surface area contributed by atoms with Crippen molar-refractivity contribution < 1.29 is 4.79 Å². The van der Waals surface area contributed by atoms with Gasteiger partial charge in [-0.05, 0) is 45.9 Å². The molecule has 128 valence electrons. The van der Waals surface area contributed by atoms with Crippen molar-refractivity contribution in [2.75, 3.05) is 19.0 Å². The Balaban J connectivity index is 2.08. The van der Waals surface area contributed by atoms with Gasteiger partial charge in [0.25, 0.3) is 0 Å². The van der Waals surface area contributed by atoms with E-state index < -0.39 is 0 Å². The van der Waals surface area contributed by atoms with Gasteiger partial charge < -0.3 is 4.90 Å². The average Bonchev–Trinajstić information content (AvgIpc) is 2.58. The highest BCUT2D eigenvalue weighted by Gasteiger charge is 2.33. The van der Waals surface area contributed by atoms with Crippen molar-refractivity contribution in [3.05, 3.63) is 77.4 Å². The van der Waals surface area contributed by atoms with Gasteiger partial charge in [0, 0.05) is 26.2 Å². The van der Waals surface area contributed by atoms with Gasteiger partial charge in [-0.15, -0.1) is 0 Å². The number of carbonyl (C=O) groups is 1. The minimum Gasteiger partial charge on any atom is -0.378 e. The third-order valence-electron chi connectivity index (χ3n) is 4.75. The van der Waals surface area contributed by atoms with Crippen molar-refractivity contribution in [1.82, 2.24) is 0 Å². The molecule has 0 unspecified atom stereocenters. The highest BCUT2D eigenvalue weighted by molar-refractivity contribution is 6.05. The summed E-state index contributed by atoms with van der Waals surface area (Å²) in [6, 6.07) is 18.7. The lowest BCUT2D eigenvalue weighted by Gasteiger charge is -2.33. The summed E-state index contributed by atoms with van der Waals surface area (Å²) in [6.45, 7) is 4.31. The van der Waals surface area contributed by atoms with E-state index in [9.17, 15) is 4.79 Å². The normalized spacial score (nSPS) is 18.2. The number of benzene rings is 2. The van der Waals surface area contributed by atoms with E-state index in [1.807, 2.05) is 32.3 Å². The predicted molar refractivity (Wildman–Crippen MR) is 107 cm³/mol. The zero-order chi connectivity index (χ0) is 18.0. The second kappa shape index (κ2) is 6.72. The summed E-state index contributed by atoms with van der Waals surface area (Å²) in [5, 5.41) is 0. The van der Waals surface area contributed by atoms with Crippen LogP contribution in [0.15, 0.2) is 66.2 Å². The first kappa shape index (κ1) is 17.2. The van der Waals surface area contributed by atoms with E-state index in [0.717, 1.165) is 16.7 Å². The maximum Gasteiger partial charge on any atom is 0.157 e. The fraction of sp³-hybridized carbons (Fsp3) is 0.261. The summed E-state index contributed by atoms with van der Waals surface area (Å²) in [6.07, 6.45) is 4.58. The largest absolute Gasteiger partial charge is 0.378 e. The smallest absolute Gasteiger partial charge is 0.157 e. The van der Waals surface area contributed by atoms with Crippen LogP contribution in [0.4, 0.5) is 5.69 Å². The molecule has 2 aromatic carbocycles. The quantitative estimate of drug-likeness (QED) is 0.768. The lowest BCUT2D eigenvalue weighted by molar-refractivity contribution is -0.116. The Kier molecular flexibility index (Phi) is 4.63. The van der Waals surface area contributed by atoms with Crippen LogP contribution in [-0.4, -0.2) is 19.9 Å². The molecule has 1 aliphatic rings. The molecule has 2 nitrogen and oxygen atoms in total. The molecule has 25 heavy (non-hydrogen) atoms. The Labute approximate surface area is 150 Å². The second-order valence-corrected chi connectivity index (χ2v) is 7.49. The Bertz CT molecular complexity index is 824. The van der Waals surface area contributed by atoms with Crippen LogP contribution in [-0.2, 0) is 4.79 Å². The molecule has 0 aromatic heterocycles. The van der Waals surface area contributed by atoms with E-state index in [1.165, 1.54) is 11.3 Å². The van der Waals surface area contributed by atoms with Crippen molar-refractivity contribution in [2.24, 2.45) is 5.41 Å². The van der Waals surface area contributed by atoms with Crippen molar-refractivity contribution in [2.45, 2.75) is 20.3 Å². The van der Waals surface area contributed by atoms with E-state index in [0.29, 0.717) is 6.42 Å². The number of hydrogen-bond donors (Lipinski definition) is 0. The number of anilines is 1. The van der Waals surface area contributed by atoms with Gasteiger partial charge in [-0.2, -0.15) is 0 Å². The molecule has 2 aromatic rings. The van der Waals surface area contributed by atoms with Crippen LogP contribution >= 0.6 is 0 Å². The summed E-state index contributed by atoms with van der Waals surface area (Å²) in [5.74, 6) is 0.198. The molecule has 0 aliphatic heterocycles. The fourth-order valence-electron chi connectivity index (χ4n) is 3.35. The van der Waals surface area contributed by atoms with E-state index in [4.69, 9.17) is 0 Å². The van der Waals surface area contributed by atoms with E-state index in [2.05, 4.69) is 61.2 Å². The second-order valence-electron chi connectivity index (χ2n) is 7.49. The van der Waals surface area contributed by atoms with Crippen LogP contribution in [0.1, 0.15) is 31.4 Å². The van der Waals surface area contributed by atoms with Gasteiger partial charge in [-0.1, -0.05) is 62.4 Å². The molecule has 3 rings (SSSR count). The molecule has 1 aliphatic carbocycles. The molecular formula is C23H25NO. The van der Waals surface area contributed by atoms with Gasteiger partial charge in [0.2, 0.25) is 0 Å². The van der Waals surface area contributed by atoms with Crippen LogP contribution in [0, 0.1) is 5.41 Å². The molecule has 0 N–H and O–H groups in total. The molecule has 0 amide bonds. The number of carbonyl (C=O) groups excluding carboxylic acids is 1. The van der Waals surface area contributed by atoms with Gasteiger partial charge in [0.05, 0.1) is 0 Å². The zero-order valence-corrected chi connectivity index (χ0v) is 15.4. The molecule has 0 atom stereocenters. The number of ketones is 1. The lowest BCUT2D eigenvalue weighted by atomic mass is 9.70. The molecule has 0 bridgehead atoms. The minimum atomic E-state index is -0.183. The average molecular weight is 331 g/mol. The molecule has 0 radical (unpaired) electrons. The topological polar surface area (TPSA) is 20.3 Å². The summed E-state index contributed by atoms with van der Waals surface area (Å²) < 4.78 is 0. The molecule has 0 spiro atoms. The van der Waals surface area contributed by atoms with Gasteiger partial charge in [-0.25, -0.2) is 0 Å². The van der Waals surface area contributed by atoms with E-state index in [1.54, 1.807) is 6.08 Å². The SMILES string of the molecule is CN(C)c1ccc(C=C2C(c3ccccc3)=CC(=O)CC2(C)C)cc1. The predicted octanol–water partition coefficient (Wildman–Crippen LogP) is 5.22. The lowest BCUT2D eigenvalue weighted by Crippen LogP contribution is -2.24. The summed E-state index contributed by atoms with van der Waals surface area (Å²) in [4.78, 5) is 14.4. The van der Waals surface area contributed by atoms with Crippen LogP contribution in [0.25, 0.3) is 11.6 Å². The monoisotopic (exact) mass is 331 g/mol. The highest BCUT2D eigenvalue weighted by Crippen LogP contribution is 2.44. The highest BCUT2D eigenvalue weighted by atomic mass is 16.1. The Morgan fingerprint density at radius 2 is 1.60 bits per heavy atom. The third kappa shape index (κ3) is 3.74. The minimum absolute atomic E-state index is 0.183. The molecule has 0 saturated heterocycles. The first-order valence-corrected chi connectivity index (χ1v) is 8.67. The van der Waals surface area contributed by atoms with Crippen molar-refractivity contribution >= 4 is 23.1 Å². The third-order valence-corrected chi connectivity index (χ3v) is 4.75. The van der Waals surface area contributed by atoms with E-state index in [-0.39, 0.29) is 11.2 Å². The maximum atomic E-state index is 12.3. The number of allylic oxidation sites excluding steroid dienone is 3. The fourth-order valence-corrected chi connectivity index (χ4v) is 3.35. The number of nitrogens with zero attached hydrogens (tertiary/aromatic N) is 1. The Hall–Kier alpha value is -2.61. The van der Waals surface area contributed by atoms with Gasteiger partial charge in [-0.3, -0.25) is 4.79 Å². The molecule has 0 heterocycles. The summed E-state index contributed by atoms with van der Waals surface area (Å²) >= 11 is 0. The zero-order valence-electron chi connectivity index (χ0n) is 15.4. The molecule has 0 fully saturated rings. The van der Waals surface area contributed by atoms with Crippen molar-refractivity contribution in [1.29, 1.82) is 0 Å². The molecule has 2 heteroatoms. The van der Waals surface area contributed by atoms with Crippen LogP contribution < -0.4 is 4.90 Å². The Morgan fingerprint density at radius 3 is 2.20 bits per heavy atom. The van der Waals surface area contributed by atoms with Crippen LogP contribution in [0.5, 0.6) is 0 Å². The number of hydrogen-bond acceptors (Lipinski definition) is 2. The van der Waals surface area contributed by atoms with Gasteiger partial charge in [0.15, 0.2) is 5.78 Å². The van der Waals surface area contributed by atoms with Gasteiger partial charge >= 0.3 is 0 Å².